The lowest BCUT2D eigenvalue weighted by molar-refractivity contribution is 0.866. The summed E-state index contributed by atoms with van der Waals surface area (Å²) in [6, 6.07) is 12.5. The normalized spacial score (nSPS) is 11.4. The Hall–Kier alpha value is -1.68. The van der Waals surface area contributed by atoms with E-state index in [1.54, 1.807) is 10.7 Å². The molecule has 2 aromatic heterocycles. The van der Waals surface area contributed by atoms with Crippen LogP contribution < -0.4 is 0 Å². The molecule has 0 aliphatic carbocycles. The number of benzene rings is 1. The minimum absolute atomic E-state index is 0.548. The molecule has 0 saturated carbocycles. The van der Waals surface area contributed by atoms with E-state index in [4.69, 9.17) is 0 Å². The average Bonchev–Trinajstić information content (AvgIpc) is 2.80. The van der Waals surface area contributed by atoms with Crippen LogP contribution in [0.1, 0.15) is 25.3 Å². The minimum Gasteiger partial charge on any atom is -0.234 e. The lowest BCUT2D eigenvalue weighted by atomic mass is 10.0. The van der Waals surface area contributed by atoms with E-state index >= 15 is 0 Å². The van der Waals surface area contributed by atoms with Crippen LogP contribution in [0, 0.1) is 0 Å². The van der Waals surface area contributed by atoms with E-state index in [1.807, 2.05) is 12.1 Å². The molecule has 0 unspecified atom stereocenters. The molecule has 0 aliphatic heterocycles. The summed E-state index contributed by atoms with van der Waals surface area (Å²) in [5.41, 5.74) is 4.25. The first-order chi connectivity index (χ1) is 9.15. The summed E-state index contributed by atoms with van der Waals surface area (Å²) in [7, 11) is 0. The van der Waals surface area contributed by atoms with Crippen molar-refractivity contribution in [1.82, 2.24) is 14.6 Å². The number of aromatic nitrogens is 3. The molecule has 0 aliphatic rings. The highest BCUT2D eigenvalue weighted by atomic mass is 79.9. The predicted octanol–water partition coefficient (Wildman–Crippen LogP) is 4.28. The van der Waals surface area contributed by atoms with Crippen LogP contribution in [0.2, 0.25) is 0 Å². The van der Waals surface area contributed by atoms with Crippen molar-refractivity contribution < 1.29 is 0 Å². The molecule has 4 heteroatoms. The highest BCUT2D eigenvalue weighted by Gasteiger charge is 2.06. The van der Waals surface area contributed by atoms with E-state index in [2.05, 4.69) is 64.1 Å². The zero-order chi connectivity index (χ0) is 13.4. The maximum atomic E-state index is 4.59. The number of rotatable bonds is 2. The maximum Gasteiger partial charge on any atom is 0.154 e. The number of nitrogens with zero attached hydrogens (tertiary/aromatic N) is 3. The van der Waals surface area contributed by atoms with Crippen molar-refractivity contribution in [1.29, 1.82) is 0 Å². The second-order valence-electron chi connectivity index (χ2n) is 4.85. The molecule has 0 bridgehead atoms. The maximum absolute atomic E-state index is 4.59. The van der Waals surface area contributed by atoms with Crippen molar-refractivity contribution in [2.75, 3.05) is 0 Å². The Kier molecular flexibility index (Phi) is 3.11. The Morgan fingerprint density at radius 1 is 1.05 bits per heavy atom. The number of hydrogen-bond acceptors (Lipinski definition) is 2. The summed E-state index contributed by atoms with van der Waals surface area (Å²) < 4.78 is 2.66. The van der Waals surface area contributed by atoms with E-state index in [0.717, 1.165) is 21.5 Å². The first kappa shape index (κ1) is 12.4. The van der Waals surface area contributed by atoms with E-state index in [0.29, 0.717) is 5.92 Å². The lowest BCUT2D eigenvalue weighted by Gasteiger charge is -2.07. The molecular formula is C15H14BrN3. The van der Waals surface area contributed by atoms with E-state index in [-0.39, 0.29) is 0 Å². The lowest BCUT2D eigenvalue weighted by Crippen LogP contribution is -1.95. The second kappa shape index (κ2) is 4.78. The van der Waals surface area contributed by atoms with Gasteiger partial charge in [-0.3, -0.25) is 0 Å². The van der Waals surface area contributed by atoms with E-state index in [1.165, 1.54) is 5.56 Å². The summed E-state index contributed by atoms with van der Waals surface area (Å²) >= 11 is 3.44. The van der Waals surface area contributed by atoms with Gasteiger partial charge in [0.15, 0.2) is 5.65 Å². The molecule has 3 rings (SSSR count). The summed E-state index contributed by atoms with van der Waals surface area (Å²) in [5.74, 6) is 0.548. The molecule has 0 atom stereocenters. The number of imidazole rings is 1. The molecule has 0 radical (unpaired) electrons. The van der Waals surface area contributed by atoms with Crippen molar-refractivity contribution in [2.45, 2.75) is 19.8 Å². The van der Waals surface area contributed by atoms with Crippen LogP contribution >= 0.6 is 15.9 Å². The fourth-order valence-electron chi connectivity index (χ4n) is 2.04. The second-order valence-corrected chi connectivity index (χ2v) is 5.66. The summed E-state index contributed by atoms with van der Waals surface area (Å²) in [4.78, 5) is 4.24. The first-order valence-electron chi connectivity index (χ1n) is 6.26. The van der Waals surface area contributed by atoms with Crippen LogP contribution in [0.4, 0.5) is 0 Å². The molecule has 0 fully saturated rings. The van der Waals surface area contributed by atoms with E-state index in [9.17, 15) is 0 Å². The standard InChI is InChI=1S/C15H14BrN3/c1-10(2)11-3-5-12(6-4-11)13-7-8-15-17-9-14(16)19(15)18-13/h3-10H,1-2H3. The van der Waals surface area contributed by atoms with Crippen LogP contribution in [0.5, 0.6) is 0 Å². The Morgan fingerprint density at radius 2 is 1.79 bits per heavy atom. The van der Waals surface area contributed by atoms with Gasteiger partial charge in [0.05, 0.1) is 11.9 Å². The van der Waals surface area contributed by atoms with Gasteiger partial charge in [-0.05, 0) is 39.5 Å². The Bertz CT molecular complexity index is 714. The zero-order valence-electron chi connectivity index (χ0n) is 10.8. The van der Waals surface area contributed by atoms with Gasteiger partial charge in [0.2, 0.25) is 0 Å². The zero-order valence-corrected chi connectivity index (χ0v) is 12.4. The fraction of sp³-hybridized carbons (Fsp3) is 0.200. The first-order valence-corrected chi connectivity index (χ1v) is 7.05. The molecule has 0 spiro atoms. The monoisotopic (exact) mass is 315 g/mol. The fourth-order valence-corrected chi connectivity index (χ4v) is 2.40. The molecular weight excluding hydrogens is 302 g/mol. The van der Waals surface area contributed by atoms with Gasteiger partial charge in [-0.2, -0.15) is 5.10 Å². The third kappa shape index (κ3) is 2.28. The topological polar surface area (TPSA) is 30.2 Å². The van der Waals surface area contributed by atoms with Crippen LogP contribution in [0.3, 0.4) is 0 Å². The number of halogens is 1. The third-order valence-electron chi connectivity index (χ3n) is 3.19. The van der Waals surface area contributed by atoms with Crippen LogP contribution in [0.15, 0.2) is 47.2 Å². The van der Waals surface area contributed by atoms with Crippen molar-refractivity contribution in [3.8, 4) is 11.3 Å². The van der Waals surface area contributed by atoms with Gasteiger partial charge >= 0.3 is 0 Å². The molecule has 3 nitrogen and oxygen atoms in total. The molecule has 96 valence electrons. The van der Waals surface area contributed by atoms with Gasteiger partial charge in [-0.1, -0.05) is 38.1 Å². The molecule has 19 heavy (non-hydrogen) atoms. The van der Waals surface area contributed by atoms with Crippen molar-refractivity contribution in [3.05, 3.63) is 52.8 Å². The summed E-state index contributed by atoms with van der Waals surface area (Å²) in [6.07, 6.45) is 1.76. The van der Waals surface area contributed by atoms with Crippen molar-refractivity contribution in [2.24, 2.45) is 0 Å². The quantitative estimate of drug-likeness (QED) is 0.706. The number of fused-ring (bicyclic) bond motifs is 1. The molecule has 0 N–H and O–H groups in total. The summed E-state index contributed by atoms with van der Waals surface area (Å²) in [6.45, 7) is 4.39. The Morgan fingerprint density at radius 3 is 2.47 bits per heavy atom. The van der Waals surface area contributed by atoms with Crippen molar-refractivity contribution in [3.63, 3.8) is 0 Å². The smallest absolute Gasteiger partial charge is 0.154 e. The molecule has 1 aromatic carbocycles. The molecule has 0 amide bonds. The summed E-state index contributed by atoms with van der Waals surface area (Å²) in [5, 5.41) is 4.59. The predicted molar refractivity (Wildman–Crippen MR) is 80.2 cm³/mol. The Labute approximate surface area is 120 Å². The van der Waals surface area contributed by atoms with Gasteiger partial charge in [0.25, 0.3) is 0 Å². The average molecular weight is 316 g/mol. The molecule has 3 aromatic rings. The Balaban J connectivity index is 2.05. The van der Waals surface area contributed by atoms with Gasteiger partial charge in [-0.15, -0.1) is 0 Å². The van der Waals surface area contributed by atoms with Crippen molar-refractivity contribution >= 4 is 21.6 Å². The van der Waals surface area contributed by atoms with Gasteiger partial charge in [-0.25, -0.2) is 9.50 Å². The molecule has 0 saturated heterocycles. The van der Waals surface area contributed by atoms with Crippen LogP contribution in [-0.4, -0.2) is 14.6 Å². The van der Waals surface area contributed by atoms with Crippen LogP contribution in [-0.2, 0) is 0 Å². The SMILES string of the molecule is CC(C)c1ccc(-c2ccc3ncc(Br)n3n2)cc1. The van der Waals surface area contributed by atoms with Gasteiger partial charge < -0.3 is 0 Å². The molecule has 2 heterocycles. The van der Waals surface area contributed by atoms with E-state index < -0.39 is 0 Å². The highest BCUT2D eigenvalue weighted by molar-refractivity contribution is 9.10. The minimum atomic E-state index is 0.548. The third-order valence-corrected chi connectivity index (χ3v) is 3.73. The van der Waals surface area contributed by atoms with Gasteiger partial charge in [0.1, 0.15) is 4.60 Å². The highest BCUT2D eigenvalue weighted by Crippen LogP contribution is 2.22. The number of hydrogen-bond donors (Lipinski definition) is 0. The van der Waals surface area contributed by atoms with Crippen LogP contribution in [0.25, 0.3) is 16.9 Å². The van der Waals surface area contributed by atoms with Gasteiger partial charge in [0, 0.05) is 5.56 Å². The largest absolute Gasteiger partial charge is 0.234 e.